The van der Waals surface area contributed by atoms with Crippen molar-refractivity contribution in [3.05, 3.63) is 190 Å². The number of fused-ring (bicyclic) bond motifs is 1. The fraction of sp³-hybridized carbons (Fsp3) is 0.0930. The van der Waals surface area contributed by atoms with Crippen LogP contribution in [-0.2, 0) is 26.4 Å². The summed E-state index contributed by atoms with van der Waals surface area (Å²) < 4.78 is 32.4. The van der Waals surface area contributed by atoms with E-state index in [2.05, 4.69) is 0 Å². The van der Waals surface area contributed by atoms with E-state index in [0.717, 1.165) is 22.3 Å². The highest BCUT2D eigenvalue weighted by Gasteiger charge is 2.27. The molecule has 0 saturated carbocycles. The highest BCUT2D eigenvalue weighted by atomic mass is 16.5. The molecule has 0 amide bonds. The maximum absolute atomic E-state index is 14.7. The first-order chi connectivity index (χ1) is 24.2. The minimum atomic E-state index is -0.377. The van der Waals surface area contributed by atoms with Crippen molar-refractivity contribution in [3.63, 3.8) is 0 Å². The van der Waals surface area contributed by atoms with Crippen molar-refractivity contribution in [1.29, 1.82) is 0 Å². The van der Waals surface area contributed by atoms with E-state index >= 15 is 0 Å². The van der Waals surface area contributed by atoms with Gasteiger partial charge >= 0.3 is 0 Å². The van der Waals surface area contributed by atoms with Crippen molar-refractivity contribution in [2.24, 2.45) is 0 Å². The van der Waals surface area contributed by atoms with Crippen molar-refractivity contribution in [2.45, 2.75) is 26.4 Å². The molecule has 0 aliphatic carbocycles. The Kier molecular flexibility index (Phi) is 9.65. The maximum Gasteiger partial charge on any atom is 0.239 e. The van der Waals surface area contributed by atoms with Crippen LogP contribution in [0.25, 0.3) is 22.3 Å². The Labute approximate surface area is 284 Å². The predicted octanol–water partition coefficient (Wildman–Crippen LogP) is 9.78. The monoisotopic (exact) mass is 646 g/mol. The molecule has 0 unspecified atom stereocenters. The van der Waals surface area contributed by atoms with Gasteiger partial charge in [0.05, 0.1) is 0 Å². The first-order valence-corrected chi connectivity index (χ1v) is 16.1. The quantitative estimate of drug-likeness (QED) is 0.124. The molecule has 0 atom stereocenters. The fourth-order valence-electron chi connectivity index (χ4n) is 5.48. The summed E-state index contributed by atoms with van der Waals surface area (Å²) in [6.45, 7) is 0.841. The summed E-state index contributed by atoms with van der Waals surface area (Å²) >= 11 is 0. The molecule has 0 fully saturated rings. The summed E-state index contributed by atoms with van der Waals surface area (Å²) in [5, 5.41) is 0.203. The minimum absolute atomic E-state index is 0.0825. The second kappa shape index (κ2) is 15.1. The van der Waals surface area contributed by atoms with E-state index in [0.29, 0.717) is 22.8 Å². The third-order valence-corrected chi connectivity index (χ3v) is 7.97. The highest BCUT2D eigenvalue weighted by molar-refractivity contribution is 5.92. The Balaban J connectivity index is 1.41. The molecule has 242 valence electrons. The molecular formula is C43H34O6. The molecule has 1 aromatic heterocycles. The Morgan fingerprint density at radius 1 is 0.429 bits per heavy atom. The van der Waals surface area contributed by atoms with Gasteiger partial charge < -0.3 is 23.4 Å². The molecule has 0 spiro atoms. The predicted molar refractivity (Wildman–Crippen MR) is 191 cm³/mol. The van der Waals surface area contributed by atoms with Gasteiger partial charge in [-0.1, -0.05) is 152 Å². The molecule has 6 aromatic carbocycles. The van der Waals surface area contributed by atoms with Gasteiger partial charge in [0.2, 0.25) is 16.9 Å². The van der Waals surface area contributed by atoms with Crippen LogP contribution in [-0.4, -0.2) is 0 Å². The summed E-state index contributed by atoms with van der Waals surface area (Å²) in [4.78, 5) is 14.7. The van der Waals surface area contributed by atoms with Crippen LogP contribution < -0.4 is 24.4 Å². The Bertz CT molecular complexity index is 2170. The average molecular weight is 647 g/mol. The van der Waals surface area contributed by atoms with Gasteiger partial charge in [0.25, 0.3) is 0 Å². The van der Waals surface area contributed by atoms with Crippen LogP contribution in [0.3, 0.4) is 0 Å². The minimum Gasteiger partial charge on any atom is -0.485 e. The molecule has 0 bridgehead atoms. The second-order valence-electron chi connectivity index (χ2n) is 11.5. The van der Waals surface area contributed by atoms with Crippen molar-refractivity contribution in [3.8, 4) is 34.3 Å². The SMILES string of the molecule is O=c1c(OCc2ccccc2)c(-c2ccccc2)oc2cc(OCc3ccccc3)c(OCc3ccccc3)c(OCc3ccccc3)c12. The number of hydrogen-bond acceptors (Lipinski definition) is 6. The van der Waals surface area contributed by atoms with Crippen LogP contribution in [0.2, 0.25) is 0 Å². The van der Waals surface area contributed by atoms with Gasteiger partial charge in [0.15, 0.2) is 17.3 Å². The average Bonchev–Trinajstić information content (AvgIpc) is 3.17. The normalized spacial score (nSPS) is 10.9. The van der Waals surface area contributed by atoms with Crippen LogP contribution in [0.5, 0.6) is 23.0 Å². The van der Waals surface area contributed by atoms with Gasteiger partial charge in [-0.05, 0) is 22.3 Å². The lowest BCUT2D eigenvalue weighted by atomic mass is 10.1. The third-order valence-electron chi connectivity index (χ3n) is 7.97. The van der Waals surface area contributed by atoms with Crippen LogP contribution >= 0.6 is 0 Å². The van der Waals surface area contributed by atoms with E-state index < -0.39 is 0 Å². The van der Waals surface area contributed by atoms with Gasteiger partial charge in [0.1, 0.15) is 37.4 Å². The smallest absolute Gasteiger partial charge is 0.239 e. The van der Waals surface area contributed by atoms with Crippen LogP contribution in [0.1, 0.15) is 22.3 Å². The summed E-state index contributed by atoms with van der Waals surface area (Å²) in [6, 6.07) is 50.3. The van der Waals surface area contributed by atoms with Gasteiger partial charge in [-0.15, -0.1) is 0 Å². The van der Waals surface area contributed by atoms with Gasteiger partial charge in [-0.3, -0.25) is 4.79 Å². The first kappa shape index (κ1) is 31.3. The molecule has 0 aliphatic heterocycles. The van der Waals surface area contributed by atoms with E-state index in [4.69, 9.17) is 23.4 Å². The number of hydrogen-bond donors (Lipinski definition) is 0. The molecule has 6 nitrogen and oxygen atoms in total. The molecule has 0 aliphatic rings. The summed E-state index contributed by atoms with van der Waals surface area (Å²) in [5.74, 6) is 1.31. The van der Waals surface area contributed by atoms with Crippen molar-refractivity contribution < 1.29 is 23.4 Å². The molecule has 0 saturated heterocycles. The van der Waals surface area contributed by atoms with E-state index in [1.165, 1.54) is 0 Å². The van der Waals surface area contributed by atoms with E-state index in [-0.39, 0.29) is 54.3 Å². The Hall–Kier alpha value is -6.27. The third kappa shape index (κ3) is 7.50. The molecule has 0 N–H and O–H groups in total. The number of ether oxygens (including phenoxy) is 4. The summed E-state index contributed by atoms with van der Waals surface area (Å²) in [7, 11) is 0. The maximum atomic E-state index is 14.7. The lowest BCUT2D eigenvalue weighted by Crippen LogP contribution is -2.13. The Morgan fingerprint density at radius 3 is 1.29 bits per heavy atom. The van der Waals surface area contributed by atoms with E-state index in [1.807, 2.05) is 152 Å². The summed E-state index contributed by atoms with van der Waals surface area (Å²) in [6.07, 6.45) is 0. The molecule has 1 heterocycles. The van der Waals surface area contributed by atoms with Crippen molar-refractivity contribution in [2.75, 3.05) is 0 Å². The van der Waals surface area contributed by atoms with Crippen LogP contribution in [0.4, 0.5) is 0 Å². The zero-order valence-corrected chi connectivity index (χ0v) is 26.8. The molecule has 7 rings (SSSR count). The molecular weight excluding hydrogens is 612 g/mol. The second-order valence-corrected chi connectivity index (χ2v) is 11.5. The van der Waals surface area contributed by atoms with E-state index in [9.17, 15) is 4.79 Å². The fourth-order valence-corrected chi connectivity index (χ4v) is 5.48. The van der Waals surface area contributed by atoms with Crippen molar-refractivity contribution in [1.82, 2.24) is 0 Å². The topological polar surface area (TPSA) is 67.1 Å². The highest BCUT2D eigenvalue weighted by Crippen LogP contribution is 2.46. The number of benzene rings is 6. The molecule has 0 radical (unpaired) electrons. The van der Waals surface area contributed by atoms with Crippen LogP contribution in [0, 0.1) is 0 Å². The zero-order chi connectivity index (χ0) is 33.3. The van der Waals surface area contributed by atoms with Crippen LogP contribution in [0.15, 0.2) is 167 Å². The van der Waals surface area contributed by atoms with Gasteiger partial charge in [-0.25, -0.2) is 0 Å². The van der Waals surface area contributed by atoms with Gasteiger partial charge in [0, 0.05) is 11.6 Å². The standard InChI is InChI=1S/C43H34O6/c44-39-38-36(49-40(35-24-14-5-15-25-35)43(39)48-30-34-22-12-4-13-23-34)26-37(45-27-31-16-6-1-7-17-31)41(46-28-32-18-8-2-9-19-32)42(38)47-29-33-20-10-3-11-21-33/h1-26H,27-30H2. The van der Waals surface area contributed by atoms with E-state index in [1.54, 1.807) is 6.07 Å². The Morgan fingerprint density at radius 2 is 0.816 bits per heavy atom. The van der Waals surface area contributed by atoms with Crippen molar-refractivity contribution >= 4 is 11.0 Å². The summed E-state index contributed by atoms with van der Waals surface area (Å²) in [5.41, 5.74) is 4.37. The largest absolute Gasteiger partial charge is 0.485 e. The first-order valence-electron chi connectivity index (χ1n) is 16.1. The molecule has 49 heavy (non-hydrogen) atoms. The lowest BCUT2D eigenvalue weighted by Gasteiger charge is -2.20. The zero-order valence-electron chi connectivity index (χ0n) is 26.8. The lowest BCUT2D eigenvalue weighted by molar-refractivity contribution is 0.231. The number of rotatable bonds is 13. The molecule has 6 heteroatoms. The van der Waals surface area contributed by atoms with Gasteiger partial charge in [-0.2, -0.15) is 0 Å². The molecule has 7 aromatic rings.